The van der Waals surface area contributed by atoms with E-state index in [1.807, 2.05) is 31.2 Å². The van der Waals surface area contributed by atoms with E-state index in [4.69, 9.17) is 4.74 Å². The SMILES string of the molecule is CCOC(=O)C1CCN(c2ccc(NC(=O)[C@H]3CC[C@H](NS(=O)(=O)C(C)(C)C)CC3)cc2)CC1. The molecule has 1 aliphatic heterocycles. The molecule has 0 unspecified atom stereocenters. The third kappa shape index (κ3) is 6.72. The Morgan fingerprint density at radius 2 is 1.56 bits per heavy atom. The van der Waals surface area contributed by atoms with Crippen molar-refractivity contribution in [2.24, 2.45) is 11.8 Å². The van der Waals surface area contributed by atoms with Gasteiger partial charge in [-0.05, 0) is 90.5 Å². The van der Waals surface area contributed by atoms with Crippen molar-refractivity contribution in [2.75, 3.05) is 29.9 Å². The molecule has 3 rings (SSSR count). The van der Waals surface area contributed by atoms with Crippen LogP contribution in [0.3, 0.4) is 0 Å². The van der Waals surface area contributed by atoms with Gasteiger partial charge in [0.05, 0.1) is 17.3 Å². The van der Waals surface area contributed by atoms with Crippen molar-refractivity contribution in [3.63, 3.8) is 0 Å². The second-order valence-corrected chi connectivity index (χ2v) is 12.8. The molecule has 1 aromatic rings. The summed E-state index contributed by atoms with van der Waals surface area (Å²) in [5.41, 5.74) is 1.83. The first-order valence-electron chi connectivity index (χ1n) is 12.3. The van der Waals surface area contributed by atoms with Crippen LogP contribution in [0.25, 0.3) is 0 Å². The number of anilines is 2. The number of piperidine rings is 1. The van der Waals surface area contributed by atoms with Gasteiger partial charge in [0.25, 0.3) is 0 Å². The van der Waals surface area contributed by atoms with E-state index in [0.29, 0.717) is 32.3 Å². The molecule has 0 aromatic heterocycles. The molecule has 8 nitrogen and oxygen atoms in total. The lowest BCUT2D eigenvalue weighted by atomic mass is 9.86. The molecule has 1 heterocycles. The smallest absolute Gasteiger partial charge is 0.309 e. The van der Waals surface area contributed by atoms with Crippen LogP contribution in [0.5, 0.6) is 0 Å². The predicted octanol–water partition coefficient (Wildman–Crippen LogP) is 3.68. The Bertz CT molecular complexity index is 940. The molecule has 34 heavy (non-hydrogen) atoms. The first-order valence-corrected chi connectivity index (χ1v) is 13.8. The number of esters is 1. The van der Waals surface area contributed by atoms with E-state index >= 15 is 0 Å². The molecule has 1 saturated heterocycles. The Labute approximate surface area is 203 Å². The maximum Gasteiger partial charge on any atom is 0.309 e. The minimum absolute atomic E-state index is 0.0138. The lowest BCUT2D eigenvalue weighted by Gasteiger charge is -2.32. The average molecular weight is 494 g/mol. The van der Waals surface area contributed by atoms with Crippen molar-refractivity contribution in [3.05, 3.63) is 24.3 Å². The number of benzene rings is 1. The molecule has 2 N–H and O–H groups in total. The zero-order chi connectivity index (χ0) is 24.9. The number of carbonyl (C=O) groups is 2. The number of hydrogen-bond acceptors (Lipinski definition) is 6. The molecule has 0 bridgehead atoms. The van der Waals surface area contributed by atoms with Gasteiger partial charge >= 0.3 is 5.97 Å². The van der Waals surface area contributed by atoms with Gasteiger partial charge in [-0.15, -0.1) is 0 Å². The van der Waals surface area contributed by atoms with Gasteiger partial charge in [-0.1, -0.05) is 0 Å². The van der Waals surface area contributed by atoms with Gasteiger partial charge in [0.1, 0.15) is 0 Å². The number of sulfonamides is 1. The molecule has 1 amide bonds. The molecule has 0 spiro atoms. The molecule has 1 saturated carbocycles. The monoisotopic (exact) mass is 493 g/mol. The van der Waals surface area contributed by atoms with Gasteiger partial charge < -0.3 is 15.0 Å². The number of ether oxygens (including phenoxy) is 1. The van der Waals surface area contributed by atoms with Crippen LogP contribution in [0.15, 0.2) is 24.3 Å². The molecule has 2 aliphatic rings. The molecule has 190 valence electrons. The van der Waals surface area contributed by atoms with Gasteiger partial charge in [0.15, 0.2) is 0 Å². The topological polar surface area (TPSA) is 105 Å². The van der Waals surface area contributed by atoms with Crippen molar-refractivity contribution in [1.82, 2.24) is 4.72 Å². The number of rotatable bonds is 7. The van der Waals surface area contributed by atoms with Gasteiger partial charge in [-0.2, -0.15) is 0 Å². The maximum atomic E-state index is 12.8. The second kappa shape index (κ2) is 11.1. The molecule has 9 heteroatoms. The quantitative estimate of drug-likeness (QED) is 0.562. The van der Waals surface area contributed by atoms with E-state index in [9.17, 15) is 18.0 Å². The van der Waals surface area contributed by atoms with Crippen molar-refractivity contribution in [3.8, 4) is 0 Å². The highest BCUT2D eigenvalue weighted by Crippen LogP contribution is 2.29. The summed E-state index contributed by atoms with van der Waals surface area (Å²) in [7, 11) is -3.38. The van der Waals surface area contributed by atoms with Crippen LogP contribution in [0.4, 0.5) is 11.4 Å². The summed E-state index contributed by atoms with van der Waals surface area (Å²) < 4.78 is 31.9. The Kier molecular flexibility index (Phi) is 8.62. The number of hydrogen-bond donors (Lipinski definition) is 2. The third-order valence-electron chi connectivity index (χ3n) is 6.84. The van der Waals surface area contributed by atoms with E-state index in [-0.39, 0.29) is 29.8 Å². The largest absolute Gasteiger partial charge is 0.466 e. The van der Waals surface area contributed by atoms with Crippen LogP contribution < -0.4 is 14.9 Å². The zero-order valence-electron chi connectivity index (χ0n) is 20.8. The Balaban J connectivity index is 1.45. The van der Waals surface area contributed by atoms with Crippen LogP contribution >= 0.6 is 0 Å². The van der Waals surface area contributed by atoms with Crippen molar-refractivity contribution < 1.29 is 22.7 Å². The van der Waals surface area contributed by atoms with Gasteiger partial charge in [-0.25, -0.2) is 13.1 Å². The maximum absolute atomic E-state index is 12.8. The minimum Gasteiger partial charge on any atom is -0.466 e. The molecular weight excluding hydrogens is 454 g/mol. The first-order chi connectivity index (χ1) is 16.0. The van der Waals surface area contributed by atoms with Crippen molar-refractivity contribution in [1.29, 1.82) is 0 Å². The highest BCUT2D eigenvalue weighted by molar-refractivity contribution is 7.90. The lowest BCUT2D eigenvalue weighted by molar-refractivity contribution is -0.148. The summed E-state index contributed by atoms with van der Waals surface area (Å²) in [6, 6.07) is 7.71. The minimum atomic E-state index is -3.38. The number of carbonyl (C=O) groups excluding carboxylic acids is 2. The summed E-state index contributed by atoms with van der Waals surface area (Å²) in [5, 5.41) is 3.01. The van der Waals surface area contributed by atoms with Gasteiger partial charge in [0, 0.05) is 36.4 Å². The molecule has 0 atom stereocenters. The highest BCUT2D eigenvalue weighted by atomic mass is 32.2. The number of amides is 1. The molecular formula is C25H39N3O5S. The number of nitrogens with one attached hydrogen (secondary N) is 2. The molecule has 1 aromatic carbocycles. The van der Waals surface area contributed by atoms with E-state index in [2.05, 4.69) is 14.9 Å². The zero-order valence-corrected chi connectivity index (χ0v) is 21.6. The first kappa shape index (κ1) is 26.5. The van der Waals surface area contributed by atoms with Crippen LogP contribution in [-0.2, 0) is 24.3 Å². The summed E-state index contributed by atoms with van der Waals surface area (Å²) >= 11 is 0. The second-order valence-electron chi connectivity index (χ2n) is 10.3. The fraction of sp³-hybridized carbons (Fsp3) is 0.680. The summed E-state index contributed by atoms with van der Waals surface area (Å²) in [4.78, 5) is 26.9. The van der Waals surface area contributed by atoms with Crippen LogP contribution in [-0.4, -0.2) is 50.8 Å². The fourth-order valence-electron chi connectivity index (χ4n) is 4.50. The molecule has 1 aliphatic carbocycles. The van der Waals surface area contributed by atoms with E-state index in [1.165, 1.54) is 0 Å². The summed E-state index contributed by atoms with van der Waals surface area (Å²) in [5.74, 6) is -0.244. The van der Waals surface area contributed by atoms with E-state index < -0.39 is 14.8 Å². The van der Waals surface area contributed by atoms with Crippen molar-refractivity contribution in [2.45, 2.75) is 77.0 Å². The average Bonchev–Trinajstić information content (AvgIpc) is 2.79. The molecule has 0 radical (unpaired) electrons. The van der Waals surface area contributed by atoms with E-state index in [0.717, 1.165) is 37.3 Å². The van der Waals surface area contributed by atoms with Crippen LogP contribution in [0, 0.1) is 11.8 Å². The van der Waals surface area contributed by atoms with Gasteiger partial charge in [-0.3, -0.25) is 9.59 Å². The normalized spacial score (nSPS) is 22.3. The van der Waals surface area contributed by atoms with E-state index in [1.54, 1.807) is 20.8 Å². The standard InChI is InChI=1S/C25H39N3O5S/c1-5-33-24(30)19-14-16-28(17-15-19)22-12-10-20(11-13-22)26-23(29)18-6-8-21(9-7-18)27-34(31,32)25(2,3)4/h10-13,18-19,21,27H,5-9,14-17H2,1-4H3,(H,26,29)/t18-,21-. The van der Waals surface area contributed by atoms with Crippen LogP contribution in [0.1, 0.15) is 66.2 Å². The highest BCUT2D eigenvalue weighted by Gasteiger charge is 2.34. The predicted molar refractivity (Wildman–Crippen MR) is 134 cm³/mol. The fourth-order valence-corrected chi connectivity index (χ4v) is 5.53. The Hall–Kier alpha value is -2.13. The Morgan fingerprint density at radius 3 is 2.09 bits per heavy atom. The Morgan fingerprint density at radius 1 is 0.971 bits per heavy atom. The summed E-state index contributed by atoms with van der Waals surface area (Å²) in [6.45, 7) is 8.91. The third-order valence-corrected chi connectivity index (χ3v) is 9.10. The van der Waals surface area contributed by atoms with Gasteiger partial charge in [0.2, 0.25) is 15.9 Å². The van der Waals surface area contributed by atoms with Crippen LogP contribution in [0.2, 0.25) is 0 Å². The molecule has 2 fully saturated rings. The lowest BCUT2D eigenvalue weighted by Crippen LogP contribution is -2.46. The number of nitrogens with zero attached hydrogens (tertiary/aromatic N) is 1. The van der Waals surface area contributed by atoms with Crippen molar-refractivity contribution >= 4 is 33.3 Å². The summed E-state index contributed by atoms with van der Waals surface area (Å²) in [6.07, 6.45) is 4.22.